The molecule has 0 aliphatic rings. The molecule has 0 radical (unpaired) electrons. The van der Waals surface area contributed by atoms with E-state index in [0.717, 1.165) is 24.1 Å². The van der Waals surface area contributed by atoms with Gasteiger partial charge in [-0.25, -0.2) is 0 Å². The molecule has 1 aromatic rings. The molecule has 3 heteroatoms. The third-order valence-corrected chi connectivity index (χ3v) is 2.25. The van der Waals surface area contributed by atoms with Crippen molar-refractivity contribution in [3.8, 4) is 5.75 Å². The number of halogens is 1. The second-order valence-electron chi connectivity index (χ2n) is 3.52. The number of hydrogen-bond donors (Lipinski definition) is 2. The minimum Gasteiger partial charge on any atom is -0.508 e. The van der Waals surface area contributed by atoms with Gasteiger partial charge in [0.2, 0.25) is 0 Å². The molecule has 1 rings (SSSR count). The summed E-state index contributed by atoms with van der Waals surface area (Å²) in [5, 5.41) is 13.1. The smallest absolute Gasteiger partial charge is 0.117 e. The Labute approximate surface area is 95.6 Å². The van der Waals surface area contributed by atoms with Gasteiger partial charge in [0, 0.05) is 17.3 Å². The average Bonchev–Trinajstić information content (AvgIpc) is 2.14. The average molecular weight is 226 g/mol. The summed E-state index contributed by atoms with van der Waals surface area (Å²) in [6.07, 6.45) is 2.04. The van der Waals surface area contributed by atoms with Crippen LogP contribution in [0.5, 0.6) is 5.75 Å². The van der Waals surface area contributed by atoms with Gasteiger partial charge in [0.05, 0.1) is 0 Å². The van der Waals surface area contributed by atoms with Crippen molar-refractivity contribution in [2.75, 3.05) is 0 Å². The van der Waals surface area contributed by atoms with E-state index in [9.17, 15) is 5.11 Å². The Morgan fingerprint density at radius 3 is 2.80 bits per heavy atom. The SMILES string of the molecule is C=C(CCC)NCc1cc(O)cc(Cl)c1. The van der Waals surface area contributed by atoms with Crippen molar-refractivity contribution in [2.24, 2.45) is 0 Å². The van der Waals surface area contributed by atoms with Crippen LogP contribution in [0.25, 0.3) is 0 Å². The van der Waals surface area contributed by atoms with Crippen molar-refractivity contribution in [1.82, 2.24) is 5.32 Å². The lowest BCUT2D eigenvalue weighted by atomic mass is 10.2. The van der Waals surface area contributed by atoms with Crippen molar-refractivity contribution >= 4 is 11.6 Å². The van der Waals surface area contributed by atoms with E-state index in [1.165, 1.54) is 6.07 Å². The maximum Gasteiger partial charge on any atom is 0.117 e. The Bertz CT molecular complexity index is 329. The van der Waals surface area contributed by atoms with Crippen LogP contribution in [-0.4, -0.2) is 5.11 Å². The quantitative estimate of drug-likeness (QED) is 0.805. The van der Waals surface area contributed by atoms with Crippen molar-refractivity contribution in [2.45, 2.75) is 26.3 Å². The molecule has 1 aromatic carbocycles. The maximum absolute atomic E-state index is 9.33. The molecule has 0 heterocycles. The number of phenols is 1. The van der Waals surface area contributed by atoms with Crippen LogP contribution in [0.1, 0.15) is 25.3 Å². The Morgan fingerprint density at radius 2 is 2.20 bits per heavy atom. The number of hydrogen-bond acceptors (Lipinski definition) is 2. The number of allylic oxidation sites excluding steroid dienone is 1. The van der Waals surface area contributed by atoms with Gasteiger partial charge in [-0.2, -0.15) is 0 Å². The molecular formula is C12H16ClNO. The van der Waals surface area contributed by atoms with Crippen molar-refractivity contribution in [1.29, 1.82) is 0 Å². The first-order valence-electron chi connectivity index (χ1n) is 5.02. The highest BCUT2D eigenvalue weighted by molar-refractivity contribution is 6.30. The molecule has 0 saturated carbocycles. The lowest BCUT2D eigenvalue weighted by Crippen LogP contribution is -2.11. The van der Waals surface area contributed by atoms with Crippen LogP contribution in [0.4, 0.5) is 0 Å². The lowest BCUT2D eigenvalue weighted by molar-refractivity contribution is 0.474. The van der Waals surface area contributed by atoms with Gasteiger partial charge in [-0.15, -0.1) is 0 Å². The monoisotopic (exact) mass is 225 g/mol. The van der Waals surface area contributed by atoms with Crippen molar-refractivity contribution in [3.05, 3.63) is 41.1 Å². The molecule has 0 spiro atoms. The third-order valence-electron chi connectivity index (χ3n) is 2.04. The molecule has 2 N–H and O–H groups in total. The summed E-state index contributed by atoms with van der Waals surface area (Å²) < 4.78 is 0. The molecule has 0 aromatic heterocycles. The minimum absolute atomic E-state index is 0.195. The predicted octanol–water partition coefficient (Wildman–Crippen LogP) is 3.45. The van der Waals surface area contributed by atoms with E-state index >= 15 is 0 Å². The van der Waals surface area contributed by atoms with E-state index in [0.29, 0.717) is 11.6 Å². The van der Waals surface area contributed by atoms with Crippen LogP contribution < -0.4 is 5.32 Å². The van der Waals surface area contributed by atoms with Gasteiger partial charge in [0.1, 0.15) is 5.75 Å². The molecule has 0 amide bonds. The van der Waals surface area contributed by atoms with Gasteiger partial charge in [-0.05, 0) is 30.2 Å². The Morgan fingerprint density at radius 1 is 1.47 bits per heavy atom. The van der Waals surface area contributed by atoms with Gasteiger partial charge in [-0.1, -0.05) is 31.5 Å². The normalized spacial score (nSPS) is 10.0. The topological polar surface area (TPSA) is 32.3 Å². The predicted molar refractivity (Wildman–Crippen MR) is 64.0 cm³/mol. The molecule has 0 aliphatic carbocycles. The summed E-state index contributed by atoms with van der Waals surface area (Å²) in [5.74, 6) is 0.195. The minimum atomic E-state index is 0.195. The van der Waals surface area contributed by atoms with Crippen LogP contribution in [0.3, 0.4) is 0 Å². The molecule has 15 heavy (non-hydrogen) atoms. The Kier molecular flexibility index (Phi) is 4.50. The van der Waals surface area contributed by atoms with E-state index < -0.39 is 0 Å². The zero-order chi connectivity index (χ0) is 11.3. The second kappa shape index (κ2) is 5.66. The molecule has 2 nitrogen and oxygen atoms in total. The van der Waals surface area contributed by atoms with Crippen molar-refractivity contribution in [3.63, 3.8) is 0 Å². The highest BCUT2D eigenvalue weighted by Crippen LogP contribution is 2.19. The molecule has 0 aliphatic heterocycles. The number of phenolic OH excluding ortho intramolecular Hbond substituents is 1. The fraction of sp³-hybridized carbons (Fsp3) is 0.333. The Balaban J connectivity index is 2.54. The highest BCUT2D eigenvalue weighted by Gasteiger charge is 1.99. The van der Waals surface area contributed by atoms with Gasteiger partial charge < -0.3 is 10.4 Å². The standard InChI is InChI=1S/C12H16ClNO/c1-3-4-9(2)14-8-10-5-11(13)7-12(15)6-10/h5-7,14-15H,2-4,8H2,1H3. The van der Waals surface area contributed by atoms with Crippen molar-refractivity contribution < 1.29 is 5.11 Å². The van der Waals surface area contributed by atoms with Gasteiger partial charge in [0.15, 0.2) is 0 Å². The summed E-state index contributed by atoms with van der Waals surface area (Å²) in [7, 11) is 0. The fourth-order valence-electron chi connectivity index (χ4n) is 1.35. The molecule has 0 atom stereocenters. The largest absolute Gasteiger partial charge is 0.508 e. The van der Waals surface area contributed by atoms with Gasteiger partial charge in [-0.3, -0.25) is 0 Å². The summed E-state index contributed by atoms with van der Waals surface area (Å²) in [6, 6.07) is 5.04. The van der Waals surface area contributed by atoms with E-state index in [2.05, 4.69) is 18.8 Å². The van der Waals surface area contributed by atoms with Crippen LogP contribution in [0, 0.1) is 0 Å². The third kappa shape index (κ3) is 4.26. The molecule has 0 fully saturated rings. The molecule has 0 unspecified atom stereocenters. The van der Waals surface area contributed by atoms with E-state index in [1.807, 2.05) is 6.07 Å². The summed E-state index contributed by atoms with van der Waals surface area (Å²) >= 11 is 5.82. The molecule has 82 valence electrons. The molecule has 0 saturated heterocycles. The van der Waals surface area contributed by atoms with Gasteiger partial charge in [0.25, 0.3) is 0 Å². The first kappa shape index (κ1) is 11.9. The lowest BCUT2D eigenvalue weighted by Gasteiger charge is -2.09. The first-order valence-corrected chi connectivity index (χ1v) is 5.39. The van der Waals surface area contributed by atoms with Crippen LogP contribution in [0.2, 0.25) is 5.02 Å². The number of benzene rings is 1. The molecule has 0 bridgehead atoms. The number of aromatic hydroxyl groups is 1. The maximum atomic E-state index is 9.33. The highest BCUT2D eigenvalue weighted by atomic mass is 35.5. The Hall–Kier alpha value is -1.15. The second-order valence-corrected chi connectivity index (χ2v) is 3.96. The summed E-state index contributed by atoms with van der Waals surface area (Å²) in [6.45, 7) is 6.65. The summed E-state index contributed by atoms with van der Waals surface area (Å²) in [5.41, 5.74) is 1.97. The van der Waals surface area contributed by atoms with Crippen LogP contribution in [-0.2, 0) is 6.54 Å². The summed E-state index contributed by atoms with van der Waals surface area (Å²) in [4.78, 5) is 0. The number of nitrogens with one attached hydrogen (secondary N) is 1. The first-order chi connectivity index (χ1) is 7.11. The van der Waals surface area contributed by atoms with E-state index in [-0.39, 0.29) is 5.75 Å². The van der Waals surface area contributed by atoms with E-state index in [4.69, 9.17) is 11.6 Å². The van der Waals surface area contributed by atoms with Gasteiger partial charge >= 0.3 is 0 Å². The fourth-order valence-corrected chi connectivity index (χ4v) is 1.60. The van der Waals surface area contributed by atoms with E-state index in [1.54, 1.807) is 6.07 Å². The zero-order valence-corrected chi connectivity index (χ0v) is 9.64. The zero-order valence-electron chi connectivity index (χ0n) is 8.89. The van der Waals surface area contributed by atoms with Crippen LogP contribution in [0.15, 0.2) is 30.5 Å². The molecular weight excluding hydrogens is 210 g/mol. The van der Waals surface area contributed by atoms with Crippen LogP contribution >= 0.6 is 11.6 Å². The number of rotatable bonds is 5.